The van der Waals surface area contributed by atoms with Gasteiger partial charge in [-0.05, 0) is 6.10 Å². The normalized spacial score (nSPS) is 35.1. The maximum atomic E-state index is 10.9. The molecule has 0 saturated carbocycles. The molecule has 1 rings (SSSR count). The van der Waals surface area contributed by atoms with Crippen LogP contribution in [0.15, 0.2) is 0 Å². The van der Waals surface area contributed by atoms with Gasteiger partial charge in [-0.25, -0.2) is 4.79 Å². The maximum Gasteiger partial charge on any atom is 1.00 e. The molecule has 13 heavy (non-hydrogen) atoms. The fraction of sp³-hybridized carbons (Fsp3) is 0.833. The first-order valence-electron chi connectivity index (χ1n) is 3.41. The summed E-state index contributed by atoms with van der Waals surface area (Å²) in [5.74, 6) is -1.05. The van der Waals surface area contributed by atoms with E-state index < -0.39 is 37.0 Å². The van der Waals surface area contributed by atoms with E-state index in [1.165, 1.54) is 0 Å². The number of hydrogen-bond donors (Lipinski definition) is 3. The summed E-state index contributed by atoms with van der Waals surface area (Å²) in [6.07, 6.45) is -6.23. The third-order valence-corrected chi connectivity index (χ3v) is 1.70. The summed E-state index contributed by atoms with van der Waals surface area (Å²) in [6, 6.07) is 0. The van der Waals surface area contributed by atoms with E-state index in [0.717, 1.165) is 0 Å². The number of aliphatic hydroxyl groups excluding tert-OH is 3. The molecule has 6 nitrogen and oxygen atoms in total. The number of ether oxygens (including phenoxy) is 1. The molecule has 0 spiro atoms. The summed E-state index contributed by atoms with van der Waals surface area (Å²) in [4.78, 5) is 10.6. The van der Waals surface area contributed by atoms with Gasteiger partial charge in [0.05, 0.1) is 6.61 Å². The molecule has 1 aliphatic heterocycles. The third-order valence-electron chi connectivity index (χ3n) is 1.70. The van der Waals surface area contributed by atoms with Gasteiger partial charge < -0.3 is 25.2 Å². The van der Waals surface area contributed by atoms with Crippen molar-refractivity contribution in [3.8, 4) is 0 Å². The second-order valence-corrected chi connectivity index (χ2v) is 2.56. The van der Waals surface area contributed by atoms with Crippen LogP contribution in [0.5, 0.6) is 0 Å². The standard InChI is InChI=1S/C6H9O6.Na/c7-1-2(8)5-3(9)4(10)6(11)12-5;/h2-5,7-8,10H,1H2;/q-1;+1/t2-,3?,4?,5+;/m0./s1. The number of aliphatic hydroxyl groups is 3. The van der Waals surface area contributed by atoms with Crippen molar-refractivity contribution in [3.05, 3.63) is 0 Å². The average Bonchev–Trinajstić information content (AvgIpc) is 2.32. The predicted molar refractivity (Wildman–Crippen MR) is 32.8 cm³/mol. The summed E-state index contributed by atoms with van der Waals surface area (Å²) >= 11 is 0. The van der Waals surface area contributed by atoms with E-state index in [1.807, 2.05) is 0 Å². The van der Waals surface area contributed by atoms with Crippen molar-refractivity contribution in [2.45, 2.75) is 24.4 Å². The van der Waals surface area contributed by atoms with Gasteiger partial charge in [-0.1, -0.05) is 0 Å². The summed E-state index contributed by atoms with van der Waals surface area (Å²) in [6.45, 7) is -0.677. The number of carbonyl (C=O) groups excluding carboxylic acids is 1. The second kappa shape index (κ2) is 5.26. The van der Waals surface area contributed by atoms with Gasteiger partial charge >= 0.3 is 35.5 Å². The summed E-state index contributed by atoms with van der Waals surface area (Å²) in [7, 11) is 0. The Morgan fingerprint density at radius 3 is 2.46 bits per heavy atom. The molecule has 0 aromatic carbocycles. The van der Waals surface area contributed by atoms with E-state index >= 15 is 0 Å². The first kappa shape index (κ1) is 13.3. The van der Waals surface area contributed by atoms with Crippen molar-refractivity contribution in [3.63, 3.8) is 0 Å². The fourth-order valence-electron chi connectivity index (χ4n) is 0.986. The van der Waals surface area contributed by atoms with Crippen LogP contribution in [0.25, 0.3) is 0 Å². The number of cyclic esters (lactones) is 1. The van der Waals surface area contributed by atoms with Crippen LogP contribution in [-0.4, -0.2) is 52.3 Å². The monoisotopic (exact) mass is 200 g/mol. The van der Waals surface area contributed by atoms with E-state index in [2.05, 4.69) is 4.74 Å². The molecule has 1 fully saturated rings. The minimum absolute atomic E-state index is 0. The molecule has 0 aliphatic carbocycles. The minimum atomic E-state index is -1.74. The van der Waals surface area contributed by atoms with Crippen LogP contribution in [0, 0.1) is 0 Å². The molecule has 0 bridgehead atoms. The zero-order valence-corrected chi connectivity index (χ0v) is 9.08. The molecule has 0 amide bonds. The number of esters is 1. The van der Waals surface area contributed by atoms with Gasteiger partial charge in [0.25, 0.3) is 0 Å². The topological polar surface area (TPSA) is 110 Å². The Kier molecular flexibility index (Phi) is 5.38. The Labute approximate surface area is 96.4 Å². The van der Waals surface area contributed by atoms with Crippen LogP contribution in [-0.2, 0) is 9.53 Å². The predicted octanol–water partition coefficient (Wildman–Crippen LogP) is -6.64. The van der Waals surface area contributed by atoms with E-state index in [0.29, 0.717) is 0 Å². The van der Waals surface area contributed by atoms with Crippen molar-refractivity contribution < 1.29 is 59.5 Å². The average molecular weight is 200 g/mol. The van der Waals surface area contributed by atoms with Crippen molar-refractivity contribution >= 4 is 5.97 Å². The van der Waals surface area contributed by atoms with Crippen molar-refractivity contribution in [1.82, 2.24) is 0 Å². The van der Waals surface area contributed by atoms with Gasteiger partial charge in [0, 0.05) is 0 Å². The zero-order valence-electron chi connectivity index (χ0n) is 7.08. The van der Waals surface area contributed by atoms with E-state index in [4.69, 9.17) is 15.3 Å². The van der Waals surface area contributed by atoms with Gasteiger partial charge in [-0.2, -0.15) is 0 Å². The molecule has 2 unspecified atom stereocenters. The molecule has 0 aromatic heterocycles. The Bertz CT molecular complexity index is 186. The van der Waals surface area contributed by atoms with Crippen molar-refractivity contribution in [2.75, 3.05) is 6.61 Å². The molecule has 7 heteroatoms. The van der Waals surface area contributed by atoms with E-state index in [1.54, 1.807) is 0 Å². The molecule has 4 atom stereocenters. The van der Waals surface area contributed by atoms with Gasteiger partial charge in [-0.15, -0.1) is 0 Å². The molecule has 70 valence electrons. The SMILES string of the molecule is O=C1O[C@H]([C@@H](O)CO)C([O-])C1O.[Na+]. The Balaban J connectivity index is 0.00000144. The molecule has 1 saturated heterocycles. The van der Waals surface area contributed by atoms with Crippen LogP contribution in [0.3, 0.4) is 0 Å². The summed E-state index contributed by atoms with van der Waals surface area (Å²) in [5, 5.41) is 37.1. The van der Waals surface area contributed by atoms with Crippen LogP contribution >= 0.6 is 0 Å². The molecule has 0 aromatic rings. The first-order valence-corrected chi connectivity index (χ1v) is 3.41. The van der Waals surface area contributed by atoms with Gasteiger partial charge in [-0.3, -0.25) is 0 Å². The largest absolute Gasteiger partial charge is 1.00 e. The Hall–Kier alpha value is 0.310. The summed E-state index contributed by atoms with van der Waals surface area (Å²) in [5.41, 5.74) is 0. The summed E-state index contributed by atoms with van der Waals surface area (Å²) < 4.78 is 4.33. The van der Waals surface area contributed by atoms with Crippen LogP contribution < -0.4 is 34.7 Å². The van der Waals surface area contributed by atoms with Gasteiger partial charge in [0.1, 0.15) is 18.3 Å². The quantitative estimate of drug-likeness (QED) is 0.302. The molecule has 0 radical (unpaired) electrons. The molecule has 1 heterocycles. The maximum absolute atomic E-state index is 10.9. The minimum Gasteiger partial charge on any atom is -0.847 e. The van der Waals surface area contributed by atoms with Gasteiger partial charge in [0.2, 0.25) is 0 Å². The fourth-order valence-corrected chi connectivity index (χ4v) is 0.986. The number of hydrogen-bond acceptors (Lipinski definition) is 6. The van der Waals surface area contributed by atoms with Crippen LogP contribution in [0.1, 0.15) is 0 Å². The van der Waals surface area contributed by atoms with Gasteiger partial charge in [0.15, 0.2) is 0 Å². The zero-order chi connectivity index (χ0) is 9.30. The smallest absolute Gasteiger partial charge is 0.847 e. The Morgan fingerprint density at radius 2 is 2.15 bits per heavy atom. The molecular formula is C6H9NaO6. The van der Waals surface area contributed by atoms with E-state index in [-0.39, 0.29) is 29.6 Å². The number of carbonyl (C=O) groups is 1. The Morgan fingerprint density at radius 1 is 1.62 bits per heavy atom. The van der Waals surface area contributed by atoms with Crippen molar-refractivity contribution in [2.24, 2.45) is 0 Å². The van der Waals surface area contributed by atoms with E-state index in [9.17, 15) is 9.90 Å². The number of rotatable bonds is 2. The van der Waals surface area contributed by atoms with Crippen LogP contribution in [0.2, 0.25) is 0 Å². The van der Waals surface area contributed by atoms with Crippen LogP contribution in [0.4, 0.5) is 0 Å². The molecular weight excluding hydrogens is 191 g/mol. The molecule has 3 N–H and O–H groups in total. The second-order valence-electron chi connectivity index (χ2n) is 2.56. The van der Waals surface area contributed by atoms with Crippen molar-refractivity contribution in [1.29, 1.82) is 0 Å². The molecule has 1 aliphatic rings. The third kappa shape index (κ3) is 2.63. The first-order chi connectivity index (χ1) is 5.57.